The van der Waals surface area contributed by atoms with Crippen LogP contribution in [0.3, 0.4) is 0 Å². The minimum absolute atomic E-state index is 0.537. The molecule has 0 N–H and O–H groups in total. The third-order valence-electron chi connectivity index (χ3n) is 2.38. The van der Waals surface area contributed by atoms with Crippen LogP contribution in [0.4, 0.5) is 0 Å². The molecule has 0 atom stereocenters. The molecule has 0 amide bonds. The van der Waals surface area contributed by atoms with Crippen molar-refractivity contribution in [2.45, 2.75) is 12.8 Å². The van der Waals surface area contributed by atoms with Crippen molar-refractivity contribution in [2.75, 3.05) is 0 Å². The van der Waals surface area contributed by atoms with E-state index in [1.165, 1.54) is 11.1 Å². The zero-order chi connectivity index (χ0) is 11.1. The van der Waals surface area contributed by atoms with E-state index in [0.29, 0.717) is 5.92 Å². The van der Waals surface area contributed by atoms with Gasteiger partial charge in [-0.15, -0.1) is 0 Å². The van der Waals surface area contributed by atoms with Gasteiger partial charge in [0.1, 0.15) is 0 Å². The van der Waals surface area contributed by atoms with Crippen molar-refractivity contribution in [3.8, 4) is 0 Å². The molecule has 84 valence electrons. The fraction of sp³-hybridized carbons (Fsp3) is 0.167. The van der Waals surface area contributed by atoms with Gasteiger partial charge in [0.2, 0.25) is 0 Å². The molecule has 0 radical (unpaired) electrons. The Bertz CT molecular complexity index is 303. The summed E-state index contributed by atoms with van der Waals surface area (Å²) in [5.41, 5.74) is 2.81. The molecule has 3 heteroatoms. The van der Waals surface area contributed by atoms with E-state index in [1.54, 1.807) is 0 Å². The molecule has 0 saturated carbocycles. The summed E-state index contributed by atoms with van der Waals surface area (Å²) in [6.07, 6.45) is 0. The van der Waals surface area contributed by atoms with Crippen molar-refractivity contribution in [1.29, 1.82) is 0 Å². The van der Waals surface area contributed by atoms with E-state index in [9.17, 15) is 0 Å². The van der Waals surface area contributed by atoms with E-state index in [1.807, 2.05) is 0 Å². The van der Waals surface area contributed by atoms with Crippen LogP contribution in [0, 0.1) is 0 Å². The normalized spacial score (nSPS) is 11.4. The molecule has 15 heavy (non-hydrogen) atoms. The molecule has 2 rings (SSSR count). The van der Waals surface area contributed by atoms with Crippen LogP contribution in [0.5, 0.6) is 0 Å². The molecule has 2 aromatic carbocycles. The quantitative estimate of drug-likeness (QED) is 0.707. The molecule has 0 bridgehead atoms. The van der Waals surface area contributed by atoms with Crippen LogP contribution in [0.2, 0.25) is 0 Å². The summed E-state index contributed by atoms with van der Waals surface area (Å²) in [6.45, 7) is 2.24. The number of rotatable bonds is 2. The molecule has 2 aromatic rings. The minimum atomic E-state index is -0.826. The monoisotopic (exact) mass is 316 g/mol. The van der Waals surface area contributed by atoms with Gasteiger partial charge in [-0.25, -0.2) is 18.1 Å². The van der Waals surface area contributed by atoms with Gasteiger partial charge >= 0.3 is 37.9 Å². The molecular weight excluding hydrogens is 306 g/mol. The summed E-state index contributed by atoms with van der Waals surface area (Å²) in [5.74, 6) is 0.537. The molecule has 0 spiro atoms. The molecule has 0 saturated heterocycles. The van der Waals surface area contributed by atoms with E-state index in [4.69, 9.17) is 17.0 Å². The van der Waals surface area contributed by atoms with Crippen LogP contribution < -0.4 is 0 Å². The molecule has 0 nitrogen and oxygen atoms in total. The average Bonchev–Trinajstić information content (AvgIpc) is 2.92. The molecule has 0 fully saturated rings. The van der Waals surface area contributed by atoms with Gasteiger partial charge < -0.3 is 29.8 Å². The van der Waals surface area contributed by atoms with Crippen LogP contribution >= 0.6 is 17.0 Å². The molecule has 0 aliphatic carbocycles. The summed E-state index contributed by atoms with van der Waals surface area (Å²) < 4.78 is 0. The summed E-state index contributed by atoms with van der Waals surface area (Å²) in [5, 5.41) is 0. The fourth-order valence-corrected chi connectivity index (χ4v) is 1.55. The molecule has 0 aromatic heterocycles. The standard InChI is InChI=1S/C12H12.2ClH.Zr/c1-10(11-6-2-3-7-11)12-8-4-5-9-12;;;/h2-10H,1H3;2*1H;/q-6;;;+2/p-2. The summed E-state index contributed by atoms with van der Waals surface area (Å²) in [7, 11) is 9.87. The third kappa shape index (κ3) is 4.27. The Kier molecular flexibility index (Phi) is 6.56. The number of hydrogen-bond acceptors (Lipinski definition) is 0. The van der Waals surface area contributed by atoms with Crippen molar-refractivity contribution in [3.05, 3.63) is 59.7 Å². The molecule has 0 unspecified atom stereocenters. The van der Waals surface area contributed by atoms with Crippen LogP contribution in [-0.2, 0) is 20.8 Å². The molecule has 0 aliphatic rings. The van der Waals surface area contributed by atoms with Crippen LogP contribution in [0.25, 0.3) is 0 Å². The fourth-order valence-electron chi connectivity index (χ4n) is 1.55. The Labute approximate surface area is 110 Å². The van der Waals surface area contributed by atoms with E-state index < -0.39 is 20.8 Å². The topological polar surface area (TPSA) is 0 Å². The van der Waals surface area contributed by atoms with E-state index in [-0.39, 0.29) is 0 Å². The van der Waals surface area contributed by atoms with Gasteiger partial charge in [0.15, 0.2) is 0 Å². The van der Waals surface area contributed by atoms with Gasteiger partial charge in [0.05, 0.1) is 0 Å². The van der Waals surface area contributed by atoms with Gasteiger partial charge in [-0.2, -0.15) is 17.7 Å². The van der Waals surface area contributed by atoms with E-state index in [2.05, 4.69) is 55.5 Å². The van der Waals surface area contributed by atoms with Crippen molar-refractivity contribution in [3.63, 3.8) is 0 Å². The van der Waals surface area contributed by atoms with Crippen molar-refractivity contribution >= 4 is 17.0 Å². The van der Waals surface area contributed by atoms with E-state index >= 15 is 0 Å². The Morgan fingerprint density at radius 2 is 1.60 bits per heavy atom. The van der Waals surface area contributed by atoms with Gasteiger partial charge in [-0.3, -0.25) is 0 Å². The Balaban J connectivity index is 0.000000337. The SMILES string of the molecule is CC([c-]1cccc1)[c-]1[cH-][cH-][cH-][cH-]1.[Cl][Zr][Cl]. The van der Waals surface area contributed by atoms with Crippen molar-refractivity contribution in [1.82, 2.24) is 0 Å². The predicted octanol–water partition coefficient (Wildman–Crippen LogP) is 4.65. The second-order valence-electron chi connectivity index (χ2n) is 3.23. The van der Waals surface area contributed by atoms with Gasteiger partial charge in [0, 0.05) is 0 Å². The summed E-state index contributed by atoms with van der Waals surface area (Å²) in [4.78, 5) is 0. The maximum atomic E-state index is 4.93. The van der Waals surface area contributed by atoms with Crippen LogP contribution in [0.15, 0.2) is 48.5 Å². The van der Waals surface area contributed by atoms with Crippen molar-refractivity contribution in [2.24, 2.45) is 0 Å². The maximum absolute atomic E-state index is 4.93. The van der Waals surface area contributed by atoms with Gasteiger partial charge in [-0.05, 0) is 0 Å². The Morgan fingerprint density at radius 1 is 1.13 bits per heavy atom. The van der Waals surface area contributed by atoms with Gasteiger partial charge in [0.25, 0.3) is 0 Å². The first-order chi connectivity index (χ1) is 7.29. The van der Waals surface area contributed by atoms with Crippen molar-refractivity contribution < 1.29 is 20.8 Å². The first-order valence-corrected chi connectivity index (χ1v) is 11.0. The zero-order valence-corrected chi connectivity index (χ0v) is 12.4. The van der Waals surface area contributed by atoms with Gasteiger partial charge in [-0.1, -0.05) is 6.92 Å². The van der Waals surface area contributed by atoms with Crippen LogP contribution in [0.1, 0.15) is 24.0 Å². The third-order valence-corrected chi connectivity index (χ3v) is 2.38. The molecular formula is C12H12Cl2Zr-6. The summed E-state index contributed by atoms with van der Waals surface area (Å²) >= 11 is -0.826. The predicted molar refractivity (Wildman–Crippen MR) is 63.3 cm³/mol. The van der Waals surface area contributed by atoms with E-state index in [0.717, 1.165) is 0 Å². The molecule has 0 heterocycles. The first kappa shape index (κ1) is 13.2. The second-order valence-corrected chi connectivity index (χ2v) is 6.96. The second kappa shape index (κ2) is 7.44. The Hall–Kier alpha value is 0.163. The number of hydrogen-bond donors (Lipinski definition) is 0. The first-order valence-electron chi connectivity index (χ1n) is 4.69. The number of halogens is 2. The average molecular weight is 318 g/mol. The van der Waals surface area contributed by atoms with Crippen LogP contribution in [-0.4, -0.2) is 0 Å². The zero-order valence-electron chi connectivity index (χ0n) is 8.45. The molecule has 0 aliphatic heterocycles. The summed E-state index contributed by atoms with van der Waals surface area (Å²) in [6, 6.07) is 17.1. The Morgan fingerprint density at radius 3 is 2.07 bits per heavy atom.